The first-order valence-electron chi connectivity index (χ1n) is 5.01. The van der Waals surface area contributed by atoms with Gasteiger partial charge in [0.15, 0.2) is 12.5 Å². The van der Waals surface area contributed by atoms with E-state index in [1.165, 1.54) is 24.7 Å². The molecule has 2 amide bonds. The molecule has 0 N–H and O–H groups in total. The van der Waals surface area contributed by atoms with Gasteiger partial charge in [-0.15, -0.1) is 0 Å². The molecule has 0 radical (unpaired) electrons. The van der Waals surface area contributed by atoms with Crippen LogP contribution in [0, 0.1) is 0 Å². The molecule has 3 rings (SSSR count). The zero-order valence-electron chi connectivity index (χ0n) is 8.41. The van der Waals surface area contributed by atoms with Crippen molar-refractivity contribution in [1.29, 1.82) is 0 Å². The highest BCUT2D eigenvalue weighted by molar-refractivity contribution is 5.90. The molecule has 6 heteroatoms. The van der Waals surface area contributed by atoms with Gasteiger partial charge in [0.25, 0.3) is 11.8 Å². The molecule has 0 bridgehead atoms. The van der Waals surface area contributed by atoms with Crippen LogP contribution in [0.3, 0.4) is 0 Å². The number of hydrogen-bond acceptors (Lipinski definition) is 4. The van der Waals surface area contributed by atoms with Crippen molar-refractivity contribution in [2.24, 2.45) is 0 Å². The fraction of sp³-hybridized carbons (Fsp3) is 0.400. The Morgan fingerprint density at radius 3 is 1.81 bits per heavy atom. The van der Waals surface area contributed by atoms with E-state index in [1.54, 1.807) is 9.80 Å². The lowest BCUT2D eigenvalue weighted by Gasteiger charge is -2.46. The van der Waals surface area contributed by atoms with Crippen molar-refractivity contribution in [3.05, 3.63) is 24.7 Å². The first-order valence-corrected chi connectivity index (χ1v) is 5.01. The molecule has 3 heterocycles. The summed E-state index contributed by atoms with van der Waals surface area (Å²) in [6.07, 6.45) is 4.68. The van der Waals surface area contributed by atoms with Gasteiger partial charge in [0.1, 0.15) is 0 Å². The quantitative estimate of drug-likeness (QED) is 0.549. The molecule has 3 aliphatic heterocycles. The van der Waals surface area contributed by atoms with Crippen molar-refractivity contribution >= 4 is 11.8 Å². The van der Waals surface area contributed by atoms with Crippen LogP contribution in [-0.4, -0.2) is 47.2 Å². The summed E-state index contributed by atoms with van der Waals surface area (Å²) in [5.41, 5.74) is 0. The maximum atomic E-state index is 11.6. The summed E-state index contributed by atoms with van der Waals surface area (Å²) in [4.78, 5) is 26.3. The summed E-state index contributed by atoms with van der Waals surface area (Å²) in [5.74, 6) is -0.219. The summed E-state index contributed by atoms with van der Waals surface area (Å²) in [7, 11) is 0. The Kier molecular flexibility index (Phi) is 1.89. The van der Waals surface area contributed by atoms with Crippen LogP contribution in [-0.2, 0) is 19.1 Å². The second-order valence-electron chi connectivity index (χ2n) is 3.77. The van der Waals surface area contributed by atoms with E-state index in [0.717, 1.165) is 0 Å². The van der Waals surface area contributed by atoms with Crippen molar-refractivity contribution < 1.29 is 19.1 Å². The van der Waals surface area contributed by atoms with Gasteiger partial charge in [-0.05, 0) is 0 Å². The second-order valence-corrected chi connectivity index (χ2v) is 3.77. The minimum absolute atomic E-state index is 0.110. The topological polar surface area (TPSA) is 59.1 Å². The van der Waals surface area contributed by atoms with Crippen LogP contribution in [0.5, 0.6) is 0 Å². The Morgan fingerprint density at radius 1 is 0.938 bits per heavy atom. The molecule has 1 saturated heterocycles. The fourth-order valence-electron chi connectivity index (χ4n) is 2.03. The van der Waals surface area contributed by atoms with E-state index in [0.29, 0.717) is 13.1 Å². The van der Waals surface area contributed by atoms with E-state index in [-0.39, 0.29) is 11.8 Å². The van der Waals surface area contributed by atoms with Gasteiger partial charge < -0.3 is 9.47 Å². The van der Waals surface area contributed by atoms with Crippen molar-refractivity contribution in [2.45, 2.75) is 12.5 Å². The Bertz CT molecular complexity index is 366. The summed E-state index contributed by atoms with van der Waals surface area (Å²) < 4.78 is 10.6. The van der Waals surface area contributed by atoms with Gasteiger partial charge >= 0.3 is 0 Å². The molecule has 1 fully saturated rings. The Morgan fingerprint density at radius 2 is 1.38 bits per heavy atom. The first kappa shape index (κ1) is 9.26. The number of nitrogens with zero attached hydrogens (tertiary/aromatic N) is 2. The third-order valence-electron chi connectivity index (χ3n) is 2.86. The molecule has 0 aromatic rings. The van der Waals surface area contributed by atoms with Crippen molar-refractivity contribution in [3.8, 4) is 0 Å². The van der Waals surface area contributed by atoms with Gasteiger partial charge in [-0.1, -0.05) is 0 Å². The minimum atomic E-state index is -0.396. The van der Waals surface area contributed by atoms with E-state index in [1.807, 2.05) is 0 Å². The van der Waals surface area contributed by atoms with Crippen LogP contribution in [0.25, 0.3) is 0 Å². The second kappa shape index (κ2) is 3.26. The summed E-state index contributed by atoms with van der Waals surface area (Å²) in [5, 5.41) is 0. The Hall–Kier alpha value is -1.98. The molecule has 0 aromatic heterocycles. The van der Waals surface area contributed by atoms with E-state index < -0.39 is 12.5 Å². The lowest BCUT2D eigenvalue weighted by molar-refractivity contribution is -0.179. The number of carbonyl (C=O) groups is 2. The highest BCUT2D eigenvalue weighted by Gasteiger charge is 2.41. The third-order valence-corrected chi connectivity index (χ3v) is 2.86. The number of piperazine rings is 1. The van der Waals surface area contributed by atoms with Crippen LogP contribution in [0.15, 0.2) is 24.7 Å². The van der Waals surface area contributed by atoms with Crippen molar-refractivity contribution in [1.82, 2.24) is 9.80 Å². The van der Waals surface area contributed by atoms with E-state index >= 15 is 0 Å². The number of hydrogen-bond donors (Lipinski definition) is 0. The summed E-state index contributed by atoms with van der Waals surface area (Å²) in [6.45, 7) is 0.674. The SMILES string of the molecule is O=C1C=COC2CN3C(=O)C=COC3CN12. The van der Waals surface area contributed by atoms with E-state index in [2.05, 4.69) is 0 Å². The van der Waals surface area contributed by atoms with Crippen LogP contribution in [0.2, 0.25) is 0 Å². The predicted octanol–water partition coefficient (Wildman–Crippen LogP) is -0.603. The Labute approximate surface area is 91.7 Å². The molecule has 16 heavy (non-hydrogen) atoms. The standard InChI is InChI=1S/C10H10N2O4/c13-7-1-3-15-9-6-12-8(14)2-4-16-10(12)5-11(7)9/h1-4,9-10H,5-6H2. The van der Waals surface area contributed by atoms with Crippen LogP contribution < -0.4 is 0 Å². The van der Waals surface area contributed by atoms with Gasteiger partial charge in [0.05, 0.1) is 25.6 Å². The summed E-state index contributed by atoms with van der Waals surface area (Å²) in [6, 6.07) is 0. The van der Waals surface area contributed by atoms with Crippen LogP contribution >= 0.6 is 0 Å². The number of amides is 2. The molecule has 3 aliphatic rings. The fourth-order valence-corrected chi connectivity index (χ4v) is 2.03. The van der Waals surface area contributed by atoms with Gasteiger partial charge in [-0.25, -0.2) is 0 Å². The minimum Gasteiger partial charge on any atom is -0.476 e. The third kappa shape index (κ3) is 1.26. The maximum absolute atomic E-state index is 11.6. The smallest absolute Gasteiger partial charge is 0.252 e. The number of ether oxygens (including phenoxy) is 2. The van der Waals surface area contributed by atoms with E-state index in [9.17, 15) is 9.59 Å². The predicted molar refractivity (Wildman–Crippen MR) is 51.5 cm³/mol. The summed E-state index contributed by atoms with van der Waals surface area (Å²) >= 11 is 0. The molecule has 0 aliphatic carbocycles. The molecule has 2 atom stereocenters. The lowest BCUT2D eigenvalue weighted by Crippen LogP contribution is -2.63. The highest BCUT2D eigenvalue weighted by atomic mass is 16.5. The van der Waals surface area contributed by atoms with Gasteiger partial charge in [-0.2, -0.15) is 0 Å². The molecular formula is C10H10N2O4. The largest absolute Gasteiger partial charge is 0.476 e. The maximum Gasteiger partial charge on any atom is 0.252 e. The zero-order valence-corrected chi connectivity index (χ0v) is 8.41. The Balaban J connectivity index is 1.86. The monoisotopic (exact) mass is 222 g/mol. The average Bonchev–Trinajstić information content (AvgIpc) is 2.29. The van der Waals surface area contributed by atoms with Gasteiger partial charge in [-0.3, -0.25) is 19.4 Å². The first-order chi connectivity index (χ1) is 7.75. The molecular weight excluding hydrogens is 212 g/mol. The molecule has 0 aromatic carbocycles. The van der Waals surface area contributed by atoms with E-state index in [4.69, 9.17) is 9.47 Å². The lowest BCUT2D eigenvalue weighted by atomic mass is 10.2. The average molecular weight is 222 g/mol. The zero-order chi connectivity index (χ0) is 11.1. The number of carbonyl (C=O) groups excluding carboxylic acids is 2. The molecule has 84 valence electrons. The van der Waals surface area contributed by atoms with Crippen molar-refractivity contribution in [3.63, 3.8) is 0 Å². The van der Waals surface area contributed by atoms with Crippen LogP contribution in [0.4, 0.5) is 0 Å². The number of fused-ring (bicyclic) bond motifs is 2. The molecule has 0 spiro atoms. The highest BCUT2D eigenvalue weighted by Crippen LogP contribution is 2.22. The number of rotatable bonds is 0. The normalized spacial score (nSPS) is 31.8. The molecule has 2 unspecified atom stereocenters. The van der Waals surface area contributed by atoms with Gasteiger partial charge in [0, 0.05) is 12.2 Å². The molecule has 6 nitrogen and oxygen atoms in total. The van der Waals surface area contributed by atoms with Crippen LogP contribution in [0.1, 0.15) is 0 Å². The van der Waals surface area contributed by atoms with Gasteiger partial charge in [0.2, 0.25) is 0 Å². The molecule has 0 saturated carbocycles. The van der Waals surface area contributed by atoms with Crippen molar-refractivity contribution in [2.75, 3.05) is 13.1 Å².